The molecule has 0 bridgehead atoms. The van der Waals surface area contributed by atoms with E-state index in [1.54, 1.807) is 31.2 Å². The third-order valence-electron chi connectivity index (χ3n) is 4.21. The maximum atomic E-state index is 12.5. The van der Waals surface area contributed by atoms with Crippen molar-refractivity contribution >= 4 is 40.8 Å². The van der Waals surface area contributed by atoms with Gasteiger partial charge in [0.25, 0.3) is 5.91 Å². The highest BCUT2D eigenvalue weighted by molar-refractivity contribution is 8.08. The first kappa shape index (κ1) is 20.6. The number of benzene rings is 1. The van der Waals surface area contributed by atoms with Gasteiger partial charge in [0.2, 0.25) is 0 Å². The van der Waals surface area contributed by atoms with Gasteiger partial charge >= 0.3 is 5.97 Å². The summed E-state index contributed by atoms with van der Waals surface area (Å²) in [6.07, 6.45) is 0.634. The maximum Gasteiger partial charge on any atom is 0.356 e. The third kappa shape index (κ3) is 4.63. The molecule has 0 fully saturated rings. The number of esters is 1. The predicted octanol–water partition coefficient (Wildman–Crippen LogP) is 3.27. The summed E-state index contributed by atoms with van der Waals surface area (Å²) in [5.41, 5.74) is 1.33. The minimum absolute atomic E-state index is 0.172. The second-order valence-corrected chi connectivity index (χ2v) is 8.44. The summed E-state index contributed by atoms with van der Waals surface area (Å²) in [6.45, 7) is 6.39. The van der Waals surface area contributed by atoms with Crippen LogP contribution < -0.4 is 10.6 Å². The van der Waals surface area contributed by atoms with Gasteiger partial charge in [-0.15, -0.1) is 0 Å². The largest absolute Gasteiger partial charge is 0.461 e. The van der Waals surface area contributed by atoms with E-state index in [9.17, 15) is 9.59 Å². The summed E-state index contributed by atoms with van der Waals surface area (Å²) in [6, 6.07) is 8.77. The minimum atomic E-state index is -0.503. The quantitative estimate of drug-likeness (QED) is 0.574. The van der Waals surface area contributed by atoms with Crippen molar-refractivity contribution in [2.24, 2.45) is 0 Å². The van der Waals surface area contributed by atoms with Gasteiger partial charge in [-0.1, -0.05) is 42.2 Å². The molecule has 2 aliphatic heterocycles. The maximum absolute atomic E-state index is 12.5. The summed E-state index contributed by atoms with van der Waals surface area (Å²) in [7, 11) is 0. The minimum Gasteiger partial charge on any atom is -0.461 e. The molecule has 0 aliphatic carbocycles. The standard InChI is InChI=1S/C20H22N2O4S2/c1-4-25-19(24)15-16(18(27)22-17(23)12-8-6-5-7-9-12)28-14-11-26-20(2,3)10-13(14)21-15/h5-9,21H,4,10-11H2,1-3H3,(H,22,23,27). The first-order chi connectivity index (χ1) is 13.3. The van der Waals surface area contributed by atoms with Gasteiger partial charge in [-0.25, -0.2) is 4.79 Å². The molecule has 1 amide bonds. The van der Waals surface area contributed by atoms with Gasteiger partial charge in [-0.2, -0.15) is 0 Å². The van der Waals surface area contributed by atoms with Crippen LogP contribution in [0.4, 0.5) is 0 Å². The lowest BCUT2D eigenvalue weighted by Crippen LogP contribution is -2.40. The van der Waals surface area contributed by atoms with Crippen molar-refractivity contribution in [3.8, 4) is 0 Å². The Balaban J connectivity index is 1.85. The van der Waals surface area contributed by atoms with Gasteiger partial charge in [0, 0.05) is 22.6 Å². The van der Waals surface area contributed by atoms with E-state index in [1.165, 1.54) is 11.8 Å². The molecule has 2 heterocycles. The normalized spacial score (nSPS) is 18.1. The first-order valence-electron chi connectivity index (χ1n) is 8.93. The number of nitrogens with one attached hydrogen (secondary N) is 2. The lowest BCUT2D eigenvalue weighted by molar-refractivity contribution is -0.138. The van der Waals surface area contributed by atoms with Gasteiger partial charge in [-0.3, -0.25) is 4.79 Å². The van der Waals surface area contributed by atoms with E-state index in [-0.39, 0.29) is 28.8 Å². The van der Waals surface area contributed by atoms with E-state index in [0.29, 0.717) is 23.5 Å². The fourth-order valence-corrected chi connectivity index (χ4v) is 4.15. The van der Waals surface area contributed by atoms with Crippen LogP contribution >= 0.6 is 24.0 Å². The summed E-state index contributed by atoms with van der Waals surface area (Å²) in [5, 5.41) is 5.89. The van der Waals surface area contributed by atoms with Crippen molar-refractivity contribution in [1.29, 1.82) is 0 Å². The number of rotatable bonds is 4. The smallest absolute Gasteiger partial charge is 0.356 e. The number of hydrogen-bond acceptors (Lipinski definition) is 7. The van der Waals surface area contributed by atoms with Crippen LogP contribution in [0, 0.1) is 0 Å². The van der Waals surface area contributed by atoms with E-state index in [2.05, 4.69) is 10.6 Å². The van der Waals surface area contributed by atoms with Crippen molar-refractivity contribution in [3.63, 3.8) is 0 Å². The molecule has 0 saturated heterocycles. The highest BCUT2D eigenvalue weighted by Crippen LogP contribution is 2.41. The molecule has 148 valence electrons. The monoisotopic (exact) mass is 418 g/mol. The van der Waals surface area contributed by atoms with E-state index < -0.39 is 5.97 Å². The highest BCUT2D eigenvalue weighted by Gasteiger charge is 2.35. The van der Waals surface area contributed by atoms with Crippen LogP contribution in [0.5, 0.6) is 0 Å². The summed E-state index contributed by atoms with van der Waals surface area (Å²) in [4.78, 5) is 26.6. The van der Waals surface area contributed by atoms with Crippen molar-refractivity contribution < 1.29 is 19.1 Å². The molecule has 28 heavy (non-hydrogen) atoms. The zero-order chi connectivity index (χ0) is 20.3. The van der Waals surface area contributed by atoms with E-state index in [4.69, 9.17) is 21.7 Å². The molecule has 2 N–H and O–H groups in total. The fraction of sp³-hybridized carbons (Fsp3) is 0.350. The number of thiocarbonyl (C=S) groups is 1. The van der Waals surface area contributed by atoms with Crippen LogP contribution in [0.15, 0.2) is 51.5 Å². The lowest BCUT2D eigenvalue weighted by Gasteiger charge is -2.36. The number of thioether (sulfide) groups is 1. The molecule has 2 aliphatic rings. The summed E-state index contributed by atoms with van der Waals surface area (Å²) < 4.78 is 11.1. The molecule has 0 saturated carbocycles. The second kappa shape index (κ2) is 8.46. The van der Waals surface area contributed by atoms with Gasteiger partial charge in [0.15, 0.2) is 0 Å². The van der Waals surface area contributed by atoms with Crippen molar-refractivity contribution in [2.75, 3.05) is 13.2 Å². The number of carbonyl (C=O) groups excluding carboxylic acids is 2. The number of amides is 1. The SMILES string of the molecule is CCOC(=O)C1=C(C(=S)NC(=O)c2ccccc2)SC2=C(CC(C)(C)OC2)N1. The molecule has 3 rings (SSSR count). The van der Waals surface area contributed by atoms with E-state index in [0.717, 1.165) is 10.6 Å². The van der Waals surface area contributed by atoms with E-state index in [1.807, 2.05) is 19.9 Å². The van der Waals surface area contributed by atoms with Crippen LogP contribution in [-0.4, -0.2) is 35.7 Å². The molecule has 8 heteroatoms. The van der Waals surface area contributed by atoms with E-state index >= 15 is 0 Å². The predicted molar refractivity (Wildman–Crippen MR) is 113 cm³/mol. The van der Waals surface area contributed by atoms with Crippen LogP contribution in [0.2, 0.25) is 0 Å². The average Bonchev–Trinajstić information content (AvgIpc) is 2.67. The van der Waals surface area contributed by atoms with Crippen LogP contribution in [-0.2, 0) is 14.3 Å². The van der Waals surface area contributed by atoms with Gasteiger partial charge < -0.3 is 20.1 Å². The van der Waals surface area contributed by atoms with Crippen LogP contribution in [0.25, 0.3) is 0 Å². The molecule has 0 unspecified atom stereocenters. The third-order valence-corrected chi connectivity index (χ3v) is 5.87. The molecule has 1 aromatic carbocycles. The van der Waals surface area contributed by atoms with Crippen molar-refractivity contribution in [2.45, 2.75) is 32.8 Å². The summed E-state index contributed by atoms with van der Waals surface area (Å²) in [5.74, 6) is -0.833. The number of carbonyl (C=O) groups is 2. The molecule has 1 aromatic rings. The molecule has 0 atom stereocenters. The molecule has 0 radical (unpaired) electrons. The highest BCUT2D eigenvalue weighted by atomic mass is 32.2. The van der Waals surface area contributed by atoms with Crippen LogP contribution in [0.3, 0.4) is 0 Å². The Morgan fingerprint density at radius 1 is 1.32 bits per heavy atom. The molecule has 0 spiro atoms. The zero-order valence-corrected chi connectivity index (χ0v) is 17.6. The first-order valence-corrected chi connectivity index (χ1v) is 10.2. The molecular weight excluding hydrogens is 396 g/mol. The Labute approximate surface area is 173 Å². The van der Waals surface area contributed by atoms with Crippen molar-refractivity contribution in [3.05, 3.63) is 57.1 Å². The molecule has 6 nitrogen and oxygen atoms in total. The Morgan fingerprint density at radius 2 is 2.04 bits per heavy atom. The molecular formula is C20H22N2O4S2. The number of ether oxygens (including phenoxy) is 2. The zero-order valence-electron chi connectivity index (χ0n) is 16.0. The Bertz CT molecular complexity index is 875. The van der Waals surface area contributed by atoms with Crippen LogP contribution in [0.1, 0.15) is 37.6 Å². The Kier molecular flexibility index (Phi) is 6.22. The lowest BCUT2D eigenvalue weighted by atomic mass is 9.99. The molecule has 0 aromatic heterocycles. The Morgan fingerprint density at radius 3 is 2.71 bits per heavy atom. The van der Waals surface area contributed by atoms with Gasteiger partial charge in [0.1, 0.15) is 10.7 Å². The number of hydrogen-bond donors (Lipinski definition) is 2. The van der Waals surface area contributed by atoms with Crippen molar-refractivity contribution in [1.82, 2.24) is 10.6 Å². The summed E-state index contributed by atoms with van der Waals surface area (Å²) >= 11 is 6.79. The average molecular weight is 419 g/mol. The van der Waals surface area contributed by atoms with Gasteiger partial charge in [-0.05, 0) is 32.9 Å². The van der Waals surface area contributed by atoms with Gasteiger partial charge in [0.05, 0.1) is 23.7 Å². The fourth-order valence-electron chi connectivity index (χ4n) is 2.84. The Hall–Kier alpha value is -2.16. The second-order valence-electron chi connectivity index (χ2n) is 6.93. The topological polar surface area (TPSA) is 76.7 Å².